The minimum atomic E-state index is -0.809. The fourth-order valence-electron chi connectivity index (χ4n) is 5.82. The van der Waals surface area contributed by atoms with E-state index in [0.717, 1.165) is 103 Å². The van der Waals surface area contributed by atoms with Crippen molar-refractivity contribution < 1.29 is 28.6 Å². The van der Waals surface area contributed by atoms with Crippen molar-refractivity contribution in [1.82, 2.24) is 0 Å². The minimum absolute atomic E-state index is 0.105. The molecule has 0 bridgehead atoms. The van der Waals surface area contributed by atoms with Gasteiger partial charge in [0.15, 0.2) is 6.10 Å². The van der Waals surface area contributed by atoms with Gasteiger partial charge in [-0.3, -0.25) is 14.4 Å². The summed E-state index contributed by atoms with van der Waals surface area (Å²) in [4.78, 5) is 37.7. The second-order valence-corrected chi connectivity index (χ2v) is 14.5. The van der Waals surface area contributed by atoms with Crippen LogP contribution in [0.1, 0.15) is 194 Å². The van der Waals surface area contributed by atoms with E-state index < -0.39 is 6.10 Å². The van der Waals surface area contributed by atoms with Gasteiger partial charge in [-0.25, -0.2) is 0 Å². The van der Waals surface area contributed by atoms with Crippen molar-refractivity contribution in [3.63, 3.8) is 0 Å². The highest BCUT2D eigenvalue weighted by atomic mass is 16.6. The molecule has 0 fully saturated rings. The van der Waals surface area contributed by atoms with E-state index in [9.17, 15) is 14.4 Å². The number of esters is 3. The summed E-state index contributed by atoms with van der Waals surface area (Å²) in [6.45, 7) is 6.30. The van der Waals surface area contributed by atoms with Crippen molar-refractivity contribution in [2.75, 3.05) is 13.2 Å². The van der Waals surface area contributed by atoms with Crippen LogP contribution in [0, 0.1) is 0 Å². The van der Waals surface area contributed by atoms with Crippen molar-refractivity contribution in [1.29, 1.82) is 0 Å². The Kier molecular flexibility index (Phi) is 41.6. The lowest BCUT2D eigenvalue weighted by Crippen LogP contribution is -2.30. The van der Waals surface area contributed by atoms with Crippen molar-refractivity contribution in [3.05, 3.63) is 85.1 Å². The summed E-state index contributed by atoms with van der Waals surface area (Å²) in [5, 5.41) is 0. The molecule has 0 amide bonds. The van der Waals surface area contributed by atoms with Gasteiger partial charge in [-0.2, -0.15) is 0 Å². The van der Waals surface area contributed by atoms with Crippen LogP contribution in [0.2, 0.25) is 0 Å². The maximum absolute atomic E-state index is 12.7. The summed E-state index contributed by atoms with van der Waals surface area (Å²) >= 11 is 0. The molecule has 0 aromatic rings. The van der Waals surface area contributed by atoms with E-state index in [4.69, 9.17) is 14.2 Å². The fraction of sp³-hybridized carbons (Fsp3) is 0.660. The number of carbonyl (C=O) groups is 3. The summed E-state index contributed by atoms with van der Waals surface area (Å²) < 4.78 is 16.6. The number of allylic oxidation sites excluding steroid dienone is 14. The lowest BCUT2D eigenvalue weighted by atomic mass is 10.1. The Morgan fingerprint density at radius 3 is 1.20 bits per heavy atom. The average molecular weight is 779 g/mol. The minimum Gasteiger partial charge on any atom is -0.462 e. The van der Waals surface area contributed by atoms with E-state index in [1.807, 2.05) is 12.2 Å². The zero-order valence-corrected chi connectivity index (χ0v) is 36.1. The molecule has 0 saturated carbocycles. The molecule has 6 heteroatoms. The third kappa shape index (κ3) is 41.7. The van der Waals surface area contributed by atoms with Crippen LogP contribution in [0.4, 0.5) is 0 Å². The standard InChI is InChI=1S/C50H82O6/c1-4-7-10-13-16-19-22-24-25-26-27-29-31-34-37-40-43-49(52)55-46-47(45-54-48(51)42-39-36-33-30-21-18-15-12-9-6-3)56-50(53)44-41-38-35-32-28-23-20-17-14-11-8-5-2/h7-8,10-11,16-17,19-20,24-25,27,29,34,37,47H,4-6,9,12-15,18,21-23,26,28,30-33,35-36,38-46H2,1-3H3/b10-7-,11-8-,19-16-,20-17-,25-24-,29-27-,37-34-. The molecule has 0 aromatic heterocycles. The van der Waals surface area contributed by atoms with Crippen molar-refractivity contribution in [3.8, 4) is 0 Å². The van der Waals surface area contributed by atoms with E-state index in [1.54, 1.807) is 0 Å². The van der Waals surface area contributed by atoms with Crippen LogP contribution in [-0.4, -0.2) is 37.2 Å². The van der Waals surface area contributed by atoms with E-state index in [2.05, 4.69) is 93.7 Å². The summed E-state index contributed by atoms with van der Waals surface area (Å²) in [6, 6.07) is 0. The van der Waals surface area contributed by atoms with Gasteiger partial charge in [-0.05, 0) is 77.0 Å². The molecular formula is C50H82O6. The molecule has 0 saturated heterocycles. The lowest BCUT2D eigenvalue weighted by molar-refractivity contribution is -0.166. The van der Waals surface area contributed by atoms with Crippen LogP contribution in [0.15, 0.2) is 85.1 Å². The third-order valence-electron chi connectivity index (χ3n) is 9.16. The molecule has 0 aliphatic carbocycles. The van der Waals surface area contributed by atoms with Gasteiger partial charge >= 0.3 is 17.9 Å². The van der Waals surface area contributed by atoms with E-state index in [0.29, 0.717) is 19.3 Å². The maximum atomic E-state index is 12.7. The molecule has 1 unspecified atom stereocenters. The molecule has 0 aliphatic heterocycles. The molecule has 0 aliphatic rings. The van der Waals surface area contributed by atoms with Crippen LogP contribution in [-0.2, 0) is 28.6 Å². The molecule has 318 valence electrons. The topological polar surface area (TPSA) is 78.9 Å². The maximum Gasteiger partial charge on any atom is 0.306 e. The lowest BCUT2D eigenvalue weighted by Gasteiger charge is -2.18. The first kappa shape index (κ1) is 52.6. The highest BCUT2D eigenvalue weighted by molar-refractivity contribution is 5.71. The molecule has 0 radical (unpaired) electrons. The van der Waals surface area contributed by atoms with Crippen LogP contribution < -0.4 is 0 Å². The molecule has 0 rings (SSSR count). The highest BCUT2D eigenvalue weighted by Gasteiger charge is 2.19. The Morgan fingerprint density at radius 1 is 0.375 bits per heavy atom. The molecule has 56 heavy (non-hydrogen) atoms. The molecular weight excluding hydrogens is 697 g/mol. The van der Waals surface area contributed by atoms with Gasteiger partial charge in [-0.15, -0.1) is 0 Å². The average Bonchev–Trinajstić information content (AvgIpc) is 3.19. The Labute approximate surface area is 344 Å². The van der Waals surface area contributed by atoms with Crippen molar-refractivity contribution >= 4 is 17.9 Å². The van der Waals surface area contributed by atoms with Crippen LogP contribution >= 0.6 is 0 Å². The van der Waals surface area contributed by atoms with Crippen molar-refractivity contribution in [2.45, 2.75) is 200 Å². The normalized spacial score (nSPS) is 12.8. The first-order valence-corrected chi connectivity index (χ1v) is 22.6. The third-order valence-corrected chi connectivity index (χ3v) is 9.16. The van der Waals surface area contributed by atoms with Crippen LogP contribution in [0.5, 0.6) is 0 Å². The predicted molar refractivity (Wildman–Crippen MR) is 237 cm³/mol. The van der Waals surface area contributed by atoms with Gasteiger partial charge in [-0.1, -0.05) is 183 Å². The van der Waals surface area contributed by atoms with Gasteiger partial charge in [0.1, 0.15) is 13.2 Å². The number of unbranched alkanes of at least 4 members (excludes halogenated alkanes) is 14. The Hall–Kier alpha value is -3.41. The predicted octanol–water partition coefficient (Wildman–Crippen LogP) is 14.5. The van der Waals surface area contributed by atoms with E-state index in [1.165, 1.54) is 44.9 Å². The number of ether oxygens (including phenoxy) is 3. The van der Waals surface area contributed by atoms with Crippen LogP contribution in [0.25, 0.3) is 0 Å². The Bertz CT molecular complexity index is 1120. The van der Waals surface area contributed by atoms with Crippen molar-refractivity contribution in [2.24, 2.45) is 0 Å². The zero-order chi connectivity index (χ0) is 40.8. The first-order chi connectivity index (χ1) is 27.5. The number of hydrogen-bond donors (Lipinski definition) is 0. The Morgan fingerprint density at radius 2 is 0.732 bits per heavy atom. The monoisotopic (exact) mass is 779 g/mol. The second kappa shape index (κ2) is 44.3. The number of hydrogen-bond acceptors (Lipinski definition) is 6. The smallest absolute Gasteiger partial charge is 0.306 e. The van der Waals surface area contributed by atoms with Gasteiger partial charge < -0.3 is 14.2 Å². The van der Waals surface area contributed by atoms with Gasteiger partial charge in [0.25, 0.3) is 0 Å². The van der Waals surface area contributed by atoms with E-state index >= 15 is 0 Å². The zero-order valence-electron chi connectivity index (χ0n) is 36.1. The number of carbonyl (C=O) groups excluding carboxylic acids is 3. The van der Waals surface area contributed by atoms with Crippen LogP contribution in [0.3, 0.4) is 0 Å². The Balaban J connectivity index is 4.51. The molecule has 0 heterocycles. The molecule has 6 nitrogen and oxygen atoms in total. The summed E-state index contributed by atoms with van der Waals surface area (Å²) in [7, 11) is 0. The van der Waals surface area contributed by atoms with Gasteiger partial charge in [0.05, 0.1) is 0 Å². The van der Waals surface area contributed by atoms with Gasteiger partial charge in [0, 0.05) is 19.3 Å². The van der Waals surface area contributed by atoms with E-state index in [-0.39, 0.29) is 37.5 Å². The van der Waals surface area contributed by atoms with Gasteiger partial charge in [0.2, 0.25) is 0 Å². The summed E-state index contributed by atoms with van der Waals surface area (Å²) in [5.74, 6) is -1.02. The SMILES string of the molecule is CC/C=C\C/C=C\C/C=C\C/C=C\C/C=C\CCC(=O)OCC(COC(=O)CCCCCCCCCCCC)OC(=O)CCCCCCC/C=C\C/C=C\CC. The quantitative estimate of drug-likeness (QED) is 0.0268. The first-order valence-electron chi connectivity index (χ1n) is 22.6. The molecule has 0 N–H and O–H groups in total. The number of rotatable bonds is 39. The fourth-order valence-corrected chi connectivity index (χ4v) is 5.82. The largest absolute Gasteiger partial charge is 0.462 e. The molecule has 1 atom stereocenters. The second-order valence-electron chi connectivity index (χ2n) is 14.5. The summed E-state index contributed by atoms with van der Waals surface area (Å²) in [5.41, 5.74) is 0. The highest BCUT2D eigenvalue weighted by Crippen LogP contribution is 2.13. The molecule has 0 spiro atoms. The molecule has 0 aromatic carbocycles. The summed E-state index contributed by atoms with van der Waals surface area (Å²) in [6.07, 6.45) is 55.8.